The summed E-state index contributed by atoms with van der Waals surface area (Å²) in [6, 6.07) is 63.6. The minimum atomic E-state index is 0.824. The Bertz CT molecular complexity index is 3480. The van der Waals surface area contributed by atoms with Gasteiger partial charge in [-0.3, -0.25) is 4.57 Å². The highest BCUT2D eigenvalue weighted by Gasteiger charge is 2.24. The molecule has 0 N–H and O–H groups in total. The number of rotatable bonds is 2. The zero-order valence-corrected chi connectivity index (χ0v) is 28.6. The summed E-state index contributed by atoms with van der Waals surface area (Å²) < 4.78 is 2.41. The first-order valence-electron chi connectivity index (χ1n) is 18.2. The second-order valence-electron chi connectivity index (χ2n) is 14.1. The fourth-order valence-electron chi connectivity index (χ4n) is 8.95. The maximum Gasteiger partial charge on any atom is 0.165 e. The van der Waals surface area contributed by atoms with Crippen LogP contribution in [0.25, 0.3) is 115 Å². The smallest absolute Gasteiger partial charge is 0.165 e. The predicted molar refractivity (Wildman–Crippen MR) is 224 cm³/mol. The standard InChI is InChI=1S/C50H29N3/c1-2-14-33-29-34(22-21-30(33)11-1)47-50(52-48-35-15-5-3-12-31(35)24-27-43(48)51-47)53-44-28-26-41-39-19-8-7-17-37(39)38-18-9-10-20-40(38)45(41)46(44)42-25-23-32-13-4-6-16-36(32)49(42)53/h1-29H. The Morgan fingerprint density at radius 1 is 0.358 bits per heavy atom. The Morgan fingerprint density at radius 3 is 1.68 bits per heavy atom. The lowest BCUT2D eigenvalue weighted by Crippen LogP contribution is -2.04. The molecule has 2 aromatic heterocycles. The van der Waals surface area contributed by atoms with E-state index in [9.17, 15) is 0 Å². The molecule has 0 saturated carbocycles. The molecule has 53 heavy (non-hydrogen) atoms. The van der Waals surface area contributed by atoms with E-state index < -0.39 is 0 Å². The molecule has 12 rings (SSSR count). The molecule has 0 aliphatic carbocycles. The molecule has 0 amide bonds. The zero-order chi connectivity index (χ0) is 34.6. The van der Waals surface area contributed by atoms with Crippen molar-refractivity contribution < 1.29 is 0 Å². The average molecular weight is 672 g/mol. The summed E-state index contributed by atoms with van der Waals surface area (Å²) >= 11 is 0. The van der Waals surface area contributed by atoms with E-state index in [-0.39, 0.29) is 0 Å². The zero-order valence-electron chi connectivity index (χ0n) is 28.6. The van der Waals surface area contributed by atoms with E-state index in [1.807, 2.05) is 0 Å². The van der Waals surface area contributed by atoms with E-state index in [1.54, 1.807) is 0 Å². The fourth-order valence-corrected chi connectivity index (χ4v) is 8.95. The first-order chi connectivity index (χ1) is 26.3. The lowest BCUT2D eigenvalue weighted by molar-refractivity contribution is 1.09. The van der Waals surface area contributed by atoms with Crippen LogP contribution in [0.3, 0.4) is 0 Å². The van der Waals surface area contributed by atoms with Crippen LogP contribution < -0.4 is 0 Å². The molecule has 0 atom stereocenters. The van der Waals surface area contributed by atoms with Gasteiger partial charge in [0, 0.05) is 32.5 Å². The molecule has 10 aromatic carbocycles. The van der Waals surface area contributed by atoms with Crippen LogP contribution in [-0.2, 0) is 0 Å². The molecule has 0 aliphatic rings. The van der Waals surface area contributed by atoms with E-state index in [1.165, 1.54) is 64.6 Å². The van der Waals surface area contributed by atoms with Crippen LogP contribution in [0, 0.1) is 0 Å². The highest BCUT2D eigenvalue weighted by Crippen LogP contribution is 2.46. The van der Waals surface area contributed by atoms with Crippen molar-refractivity contribution >= 4 is 97.5 Å². The Morgan fingerprint density at radius 2 is 0.906 bits per heavy atom. The van der Waals surface area contributed by atoms with Gasteiger partial charge < -0.3 is 0 Å². The first-order valence-corrected chi connectivity index (χ1v) is 18.2. The molecule has 0 fully saturated rings. The van der Waals surface area contributed by atoms with Gasteiger partial charge in [0.1, 0.15) is 5.69 Å². The SMILES string of the molecule is c1ccc2cc(-c3nc4ccc5ccccc5c4nc3-n3c4ccc5c6ccccc6c6ccccc6c5c4c4ccc5ccccc5c43)ccc2c1. The van der Waals surface area contributed by atoms with Gasteiger partial charge in [-0.25, -0.2) is 9.97 Å². The van der Waals surface area contributed by atoms with Gasteiger partial charge in [0.15, 0.2) is 5.82 Å². The van der Waals surface area contributed by atoms with Gasteiger partial charge in [0.2, 0.25) is 0 Å². The molecule has 0 radical (unpaired) electrons. The van der Waals surface area contributed by atoms with Crippen molar-refractivity contribution in [3.63, 3.8) is 0 Å². The Hall–Kier alpha value is -7.10. The minimum Gasteiger partial charge on any atom is -0.291 e. The van der Waals surface area contributed by atoms with Crippen molar-refractivity contribution in [1.29, 1.82) is 0 Å². The number of nitrogens with zero attached hydrogens (tertiary/aromatic N) is 3. The number of fused-ring (bicyclic) bond motifs is 16. The molecular weight excluding hydrogens is 643 g/mol. The first kappa shape index (κ1) is 28.6. The number of aromatic nitrogens is 3. The molecule has 3 heteroatoms. The van der Waals surface area contributed by atoms with Crippen molar-refractivity contribution in [3.8, 4) is 17.1 Å². The fraction of sp³-hybridized carbons (Fsp3) is 0. The minimum absolute atomic E-state index is 0.824. The maximum atomic E-state index is 5.70. The monoisotopic (exact) mass is 671 g/mol. The van der Waals surface area contributed by atoms with Crippen LogP contribution in [0.2, 0.25) is 0 Å². The molecule has 2 heterocycles. The molecular formula is C50H29N3. The van der Waals surface area contributed by atoms with Gasteiger partial charge in [-0.05, 0) is 66.7 Å². The van der Waals surface area contributed by atoms with E-state index in [0.29, 0.717) is 0 Å². The lowest BCUT2D eigenvalue weighted by Gasteiger charge is -2.16. The van der Waals surface area contributed by atoms with Crippen molar-refractivity contribution in [2.24, 2.45) is 0 Å². The highest BCUT2D eigenvalue weighted by molar-refractivity contribution is 6.36. The van der Waals surface area contributed by atoms with Crippen LogP contribution >= 0.6 is 0 Å². The number of hydrogen-bond donors (Lipinski definition) is 0. The van der Waals surface area contributed by atoms with E-state index in [4.69, 9.17) is 9.97 Å². The Kier molecular flexibility index (Phi) is 5.77. The molecule has 0 saturated heterocycles. The Labute approximate surface area is 304 Å². The highest BCUT2D eigenvalue weighted by atomic mass is 15.1. The van der Waals surface area contributed by atoms with Crippen LogP contribution in [0.5, 0.6) is 0 Å². The van der Waals surface area contributed by atoms with Crippen molar-refractivity contribution in [1.82, 2.24) is 14.5 Å². The van der Waals surface area contributed by atoms with E-state index in [2.05, 4.69) is 180 Å². The van der Waals surface area contributed by atoms with Crippen LogP contribution in [0.4, 0.5) is 0 Å². The van der Waals surface area contributed by atoms with Crippen molar-refractivity contribution in [2.45, 2.75) is 0 Å². The normalized spacial score (nSPS) is 12.2. The van der Waals surface area contributed by atoms with Gasteiger partial charge in [0.25, 0.3) is 0 Å². The third kappa shape index (κ3) is 3.99. The largest absolute Gasteiger partial charge is 0.291 e. The topological polar surface area (TPSA) is 30.7 Å². The summed E-state index contributed by atoms with van der Waals surface area (Å²) in [7, 11) is 0. The summed E-state index contributed by atoms with van der Waals surface area (Å²) in [6.45, 7) is 0. The molecule has 12 aromatic rings. The maximum absolute atomic E-state index is 5.70. The molecule has 0 aliphatic heterocycles. The second-order valence-corrected chi connectivity index (χ2v) is 14.1. The second kappa shape index (κ2) is 10.7. The predicted octanol–water partition coefficient (Wildman–Crippen LogP) is 13.3. The molecule has 0 bridgehead atoms. The van der Waals surface area contributed by atoms with Crippen LogP contribution in [0.1, 0.15) is 0 Å². The summed E-state index contributed by atoms with van der Waals surface area (Å²) in [6.07, 6.45) is 0. The third-order valence-corrected chi connectivity index (χ3v) is 11.3. The molecule has 244 valence electrons. The summed E-state index contributed by atoms with van der Waals surface area (Å²) in [5.41, 5.74) is 5.92. The van der Waals surface area contributed by atoms with E-state index >= 15 is 0 Å². The third-order valence-electron chi connectivity index (χ3n) is 11.3. The van der Waals surface area contributed by atoms with Gasteiger partial charge in [-0.2, -0.15) is 0 Å². The van der Waals surface area contributed by atoms with Crippen molar-refractivity contribution in [3.05, 3.63) is 176 Å². The lowest BCUT2D eigenvalue weighted by atomic mass is 9.91. The van der Waals surface area contributed by atoms with Gasteiger partial charge in [-0.1, -0.05) is 158 Å². The van der Waals surface area contributed by atoms with E-state index in [0.717, 1.165) is 49.9 Å². The summed E-state index contributed by atoms with van der Waals surface area (Å²) in [4.78, 5) is 11.2. The van der Waals surface area contributed by atoms with Crippen molar-refractivity contribution in [2.75, 3.05) is 0 Å². The molecule has 3 nitrogen and oxygen atoms in total. The Balaban J connectivity index is 1.33. The number of benzene rings is 10. The molecule has 0 spiro atoms. The average Bonchev–Trinajstić information content (AvgIpc) is 3.58. The summed E-state index contributed by atoms with van der Waals surface area (Å²) in [5.74, 6) is 0.824. The van der Waals surface area contributed by atoms with Gasteiger partial charge in [0.05, 0.1) is 22.1 Å². The quantitative estimate of drug-likeness (QED) is 0.171. The molecule has 0 unspecified atom stereocenters. The number of hydrogen-bond acceptors (Lipinski definition) is 2. The van der Waals surface area contributed by atoms with Gasteiger partial charge in [-0.15, -0.1) is 0 Å². The summed E-state index contributed by atoms with van der Waals surface area (Å²) in [5, 5.41) is 17.0. The van der Waals surface area contributed by atoms with Crippen LogP contribution in [0.15, 0.2) is 176 Å². The van der Waals surface area contributed by atoms with Gasteiger partial charge >= 0.3 is 0 Å². The van der Waals surface area contributed by atoms with Crippen LogP contribution in [-0.4, -0.2) is 14.5 Å².